The van der Waals surface area contributed by atoms with Gasteiger partial charge in [0.15, 0.2) is 0 Å². The van der Waals surface area contributed by atoms with Crippen molar-refractivity contribution in [2.45, 2.75) is 26.8 Å². The quantitative estimate of drug-likeness (QED) is 0.794. The zero-order valence-corrected chi connectivity index (χ0v) is 10.6. The van der Waals surface area contributed by atoms with Crippen LogP contribution in [0.1, 0.15) is 25.8 Å². The van der Waals surface area contributed by atoms with E-state index in [1.54, 1.807) is 13.2 Å². The molecular weight excluding hydrogens is 214 g/mol. The molecule has 0 aromatic heterocycles. The van der Waals surface area contributed by atoms with Crippen LogP contribution in [0, 0.1) is 0 Å². The van der Waals surface area contributed by atoms with Crippen LogP contribution in [0.5, 0.6) is 5.75 Å². The number of carbonyl (C=O) groups is 1. The lowest BCUT2D eigenvalue weighted by Gasteiger charge is -2.04. The molecule has 0 aliphatic carbocycles. The van der Waals surface area contributed by atoms with Gasteiger partial charge < -0.3 is 10.1 Å². The van der Waals surface area contributed by atoms with Gasteiger partial charge in [-0.1, -0.05) is 24.6 Å². The minimum Gasteiger partial charge on any atom is -0.497 e. The fraction of sp³-hybridized carbons (Fsp3) is 0.357. The van der Waals surface area contributed by atoms with Crippen LogP contribution in [0.2, 0.25) is 0 Å². The first-order valence-electron chi connectivity index (χ1n) is 5.73. The zero-order valence-electron chi connectivity index (χ0n) is 10.6. The summed E-state index contributed by atoms with van der Waals surface area (Å²) in [5, 5.41) is 2.85. The van der Waals surface area contributed by atoms with E-state index in [2.05, 4.69) is 5.32 Å². The zero-order chi connectivity index (χ0) is 12.7. The van der Waals surface area contributed by atoms with Crippen LogP contribution in [0.4, 0.5) is 0 Å². The molecule has 0 saturated carbocycles. The number of methoxy groups -OCH3 is 1. The molecule has 0 spiro atoms. The smallest absolute Gasteiger partial charge is 0.244 e. The highest BCUT2D eigenvalue weighted by Crippen LogP contribution is 2.10. The molecule has 0 aliphatic rings. The predicted molar refractivity (Wildman–Crippen MR) is 68.9 cm³/mol. The molecule has 0 saturated heterocycles. The summed E-state index contributed by atoms with van der Waals surface area (Å²) in [6.45, 7) is 4.52. The SMILES string of the molecule is CC/C(C)=C/C(=O)NCc1ccc(OC)cc1. The van der Waals surface area contributed by atoms with E-state index in [0.29, 0.717) is 6.54 Å². The van der Waals surface area contributed by atoms with Crippen molar-refractivity contribution in [3.05, 3.63) is 41.5 Å². The minimum absolute atomic E-state index is 0.0415. The number of benzene rings is 1. The molecular formula is C14H19NO2. The van der Waals surface area contributed by atoms with Crippen LogP contribution >= 0.6 is 0 Å². The second-order valence-electron chi connectivity index (χ2n) is 3.91. The summed E-state index contributed by atoms with van der Waals surface area (Å²) in [5.74, 6) is 0.780. The van der Waals surface area contributed by atoms with Crippen molar-refractivity contribution in [3.8, 4) is 5.75 Å². The summed E-state index contributed by atoms with van der Waals surface area (Å²) >= 11 is 0. The van der Waals surface area contributed by atoms with Gasteiger partial charge in [0.25, 0.3) is 0 Å². The Morgan fingerprint density at radius 3 is 2.53 bits per heavy atom. The molecule has 0 unspecified atom stereocenters. The Hall–Kier alpha value is -1.77. The fourth-order valence-corrected chi connectivity index (χ4v) is 1.31. The first-order valence-corrected chi connectivity index (χ1v) is 5.73. The Morgan fingerprint density at radius 1 is 1.35 bits per heavy atom. The highest BCUT2D eigenvalue weighted by Gasteiger charge is 1.98. The Balaban J connectivity index is 2.47. The maximum absolute atomic E-state index is 11.5. The number of allylic oxidation sites excluding steroid dienone is 1. The number of hydrogen-bond acceptors (Lipinski definition) is 2. The van der Waals surface area contributed by atoms with Crippen molar-refractivity contribution in [1.82, 2.24) is 5.32 Å². The van der Waals surface area contributed by atoms with Gasteiger partial charge in [0.2, 0.25) is 5.91 Å². The van der Waals surface area contributed by atoms with E-state index < -0.39 is 0 Å². The Morgan fingerprint density at radius 2 is 2.00 bits per heavy atom. The lowest BCUT2D eigenvalue weighted by Crippen LogP contribution is -2.20. The van der Waals surface area contributed by atoms with Crippen LogP contribution < -0.4 is 10.1 Å². The van der Waals surface area contributed by atoms with E-state index in [1.165, 1.54) is 0 Å². The van der Waals surface area contributed by atoms with E-state index in [1.807, 2.05) is 38.1 Å². The molecule has 0 bridgehead atoms. The first-order chi connectivity index (χ1) is 8.15. The summed E-state index contributed by atoms with van der Waals surface area (Å²) in [6.07, 6.45) is 2.54. The second-order valence-corrected chi connectivity index (χ2v) is 3.91. The average Bonchev–Trinajstić information content (AvgIpc) is 2.36. The highest BCUT2D eigenvalue weighted by molar-refractivity contribution is 5.88. The summed E-state index contributed by atoms with van der Waals surface area (Å²) in [7, 11) is 1.63. The Labute approximate surface area is 102 Å². The maximum atomic E-state index is 11.5. The van der Waals surface area contributed by atoms with Crippen LogP contribution in [-0.2, 0) is 11.3 Å². The van der Waals surface area contributed by atoms with Gasteiger partial charge in [0.1, 0.15) is 5.75 Å². The lowest BCUT2D eigenvalue weighted by atomic mass is 10.2. The maximum Gasteiger partial charge on any atom is 0.244 e. The molecule has 1 aromatic carbocycles. The predicted octanol–water partition coefficient (Wildman–Crippen LogP) is 2.67. The molecule has 1 aromatic rings. The molecule has 92 valence electrons. The lowest BCUT2D eigenvalue weighted by molar-refractivity contribution is -0.116. The van der Waals surface area contributed by atoms with Gasteiger partial charge in [-0.15, -0.1) is 0 Å². The van der Waals surface area contributed by atoms with E-state index in [-0.39, 0.29) is 5.91 Å². The third-order valence-electron chi connectivity index (χ3n) is 2.56. The first kappa shape index (κ1) is 13.3. The fourth-order valence-electron chi connectivity index (χ4n) is 1.31. The van der Waals surface area contributed by atoms with Gasteiger partial charge in [-0.05, 0) is 31.0 Å². The van der Waals surface area contributed by atoms with Crippen LogP contribution in [0.3, 0.4) is 0 Å². The standard InChI is InChI=1S/C14H19NO2/c1-4-11(2)9-14(16)15-10-12-5-7-13(17-3)8-6-12/h5-9H,4,10H2,1-3H3,(H,15,16)/b11-9+. The Bertz CT molecular complexity index is 393. The Kier molecular flexibility index (Phi) is 5.27. The average molecular weight is 233 g/mol. The normalized spacial score (nSPS) is 11.1. The topological polar surface area (TPSA) is 38.3 Å². The summed E-state index contributed by atoms with van der Waals surface area (Å²) in [4.78, 5) is 11.5. The molecule has 17 heavy (non-hydrogen) atoms. The van der Waals surface area contributed by atoms with Crippen molar-refractivity contribution >= 4 is 5.91 Å². The molecule has 0 heterocycles. The van der Waals surface area contributed by atoms with Crippen molar-refractivity contribution in [2.75, 3.05) is 7.11 Å². The molecule has 3 heteroatoms. The van der Waals surface area contributed by atoms with Crippen LogP contribution in [0.15, 0.2) is 35.9 Å². The highest BCUT2D eigenvalue weighted by atomic mass is 16.5. The van der Waals surface area contributed by atoms with Crippen molar-refractivity contribution in [1.29, 1.82) is 0 Å². The number of nitrogens with one attached hydrogen (secondary N) is 1. The van der Waals surface area contributed by atoms with E-state index >= 15 is 0 Å². The molecule has 0 radical (unpaired) electrons. The van der Waals surface area contributed by atoms with Gasteiger partial charge in [0, 0.05) is 12.6 Å². The largest absolute Gasteiger partial charge is 0.497 e. The molecule has 0 atom stereocenters. The van der Waals surface area contributed by atoms with Gasteiger partial charge in [0.05, 0.1) is 7.11 Å². The molecule has 1 amide bonds. The number of amides is 1. The molecule has 0 aliphatic heterocycles. The number of carbonyl (C=O) groups excluding carboxylic acids is 1. The van der Waals surface area contributed by atoms with Crippen LogP contribution in [-0.4, -0.2) is 13.0 Å². The molecule has 0 fully saturated rings. The van der Waals surface area contributed by atoms with E-state index in [0.717, 1.165) is 23.3 Å². The second kappa shape index (κ2) is 6.74. The summed E-state index contributed by atoms with van der Waals surface area (Å²) < 4.78 is 5.07. The van der Waals surface area contributed by atoms with Gasteiger partial charge in [-0.2, -0.15) is 0 Å². The van der Waals surface area contributed by atoms with Crippen LogP contribution in [0.25, 0.3) is 0 Å². The number of hydrogen-bond donors (Lipinski definition) is 1. The van der Waals surface area contributed by atoms with Crippen molar-refractivity contribution in [3.63, 3.8) is 0 Å². The molecule has 1 rings (SSSR count). The molecule has 1 N–H and O–H groups in total. The summed E-state index contributed by atoms with van der Waals surface area (Å²) in [6, 6.07) is 7.65. The van der Waals surface area contributed by atoms with Gasteiger partial charge in [-0.3, -0.25) is 4.79 Å². The van der Waals surface area contributed by atoms with E-state index in [9.17, 15) is 4.79 Å². The monoisotopic (exact) mass is 233 g/mol. The van der Waals surface area contributed by atoms with Gasteiger partial charge in [-0.25, -0.2) is 0 Å². The third-order valence-corrected chi connectivity index (χ3v) is 2.56. The number of ether oxygens (including phenoxy) is 1. The minimum atomic E-state index is -0.0415. The van der Waals surface area contributed by atoms with Crippen molar-refractivity contribution in [2.24, 2.45) is 0 Å². The summed E-state index contributed by atoms with van der Waals surface area (Å²) in [5.41, 5.74) is 2.14. The third kappa shape index (κ3) is 4.72. The molecule has 3 nitrogen and oxygen atoms in total. The van der Waals surface area contributed by atoms with E-state index in [4.69, 9.17) is 4.74 Å². The number of rotatable bonds is 5. The van der Waals surface area contributed by atoms with Crippen molar-refractivity contribution < 1.29 is 9.53 Å². The van der Waals surface area contributed by atoms with Gasteiger partial charge >= 0.3 is 0 Å².